The van der Waals surface area contributed by atoms with Gasteiger partial charge in [0.2, 0.25) is 0 Å². The fraction of sp³-hybridized carbons (Fsp3) is 0.400. The Morgan fingerprint density at radius 1 is 1.27 bits per heavy atom. The molecule has 0 amide bonds. The topological polar surface area (TPSA) is 72.8 Å². The van der Waals surface area contributed by atoms with Gasteiger partial charge in [0.1, 0.15) is 5.76 Å². The van der Waals surface area contributed by atoms with E-state index in [1.807, 2.05) is 18.4 Å². The molecule has 0 radical (unpaired) electrons. The molecule has 0 spiro atoms. The molecule has 1 aliphatic rings. The number of allylic oxidation sites excluding steroid dienone is 3. The summed E-state index contributed by atoms with van der Waals surface area (Å²) in [4.78, 5) is 11.5. The van der Waals surface area contributed by atoms with Crippen molar-refractivity contribution in [2.45, 2.75) is 59.3 Å². The monoisotopic (exact) mass is 410 g/mol. The Balaban J connectivity index is 1.37. The van der Waals surface area contributed by atoms with Gasteiger partial charge in [-0.15, -0.1) is 0 Å². The quantitative estimate of drug-likeness (QED) is 0.361. The zero-order valence-electron chi connectivity index (χ0n) is 17.9. The highest BCUT2D eigenvalue weighted by molar-refractivity contribution is 5.93. The lowest BCUT2D eigenvalue weighted by Crippen LogP contribution is -1.97. The van der Waals surface area contributed by atoms with E-state index in [1.165, 1.54) is 11.1 Å². The van der Waals surface area contributed by atoms with E-state index in [4.69, 9.17) is 13.6 Å². The molecule has 3 rings (SSSR count). The van der Waals surface area contributed by atoms with Crippen LogP contribution < -0.4 is 0 Å². The van der Waals surface area contributed by atoms with Crippen molar-refractivity contribution in [1.29, 1.82) is 0 Å². The lowest BCUT2D eigenvalue weighted by molar-refractivity contribution is -0.133. The van der Waals surface area contributed by atoms with Crippen molar-refractivity contribution >= 4 is 5.97 Å². The van der Waals surface area contributed by atoms with Crippen molar-refractivity contribution in [2.24, 2.45) is 5.92 Å². The Morgan fingerprint density at radius 3 is 2.80 bits per heavy atom. The van der Waals surface area contributed by atoms with Crippen LogP contribution in [0.4, 0.5) is 0 Å². The van der Waals surface area contributed by atoms with Gasteiger partial charge in [-0.1, -0.05) is 18.6 Å². The number of carbonyl (C=O) groups is 1. The SMILES string of the molecule is CC1=C(O)/C(=C/C(C)CC/C=C(\C)CCCc2coc(Cc3ccoc3)c2)OC1=O. The van der Waals surface area contributed by atoms with Crippen LogP contribution in [0.25, 0.3) is 0 Å². The number of carbonyl (C=O) groups excluding carboxylic acids is 1. The second kappa shape index (κ2) is 10.2. The molecule has 1 N–H and O–H groups in total. The normalized spacial score (nSPS) is 17.1. The van der Waals surface area contributed by atoms with Gasteiger partial charge in [-0.3, -0.25) is 0 Å². The highest BCUT2D eigenvalue weighted by atomic mass is 16.6. The number of hydrogen-bond donors (Lipinski definition) is 1. The number of cyclic esters (lactones) is 1. The summed E-state index contributed by atoms with van der Waals surface area (Å²) in [6.45, 7) is 5.80. The van der Waals surface area contributed by atoms with Crippen molar-refractivity contribution < 1.29 is 23.5 Å². The third kappa shape index (κ3) is 6.02. The van der Waals surface area contributed by atoms with Gasteiger partial charge in [0.05, 0.1) is 24.4 Å². The Kier molecular flexibility index (Phi) is 7.39. The van der Waals surface area contributed by atoms with Crippen LogP contribution in [0.15, 0.2) is 74.6 Å². The molecule has 1 atom stereocenters. The van der Waals surface area contributed by atoms with E-state index < -0.39 is 5.97 Å². The van der Waals surface area contributed by atoms with E-state index in [0.29, 0.717) is 0 Å². The van der Waals surface area contributed by atoms with E-state index in [9.17, 15) is 9.90 Å². The average molecular weight is 411 g/mol. The van der Waals surface area contributed by atoms with Crippen molar-refractivity contribution in [3.05, 3.63) is 82.6 Å². The molecule has 0 saturated carbocycles. The molecular weight excluding hydrogens is 380 g/mol. The van der Waals surface area contributed by atoms with E-state index in [-0.39, 0.29) is 23.0 Å². The number of hydrogen-bond acceptors (Lipinski definition) is 5. The minimum Gasteiger partial charge on any atom is -0.504 e. The number of aryl methyl sites for hydroxylation is 1. The maximum absolute atomic E-state index is 11.5. The van der Waals surface area contributed by atoms with E-state index in [0.717, 1.165) is 49.8 Å². The van der Waals surface area contributed by atoms with Crippen LogP contribution in [-0.4, -0.2) is 11.1 Å². The molecule has 0 fully saturated rings. The largest absolute Gasteiger partial charge is 0.504 e. The molecule has 1 aliphatic heterocycles. The molecule has 2 aromatic rings. The first-order chi connectivity index (χ1) is 14.4. The standard InChI is InChI=1S/C25H30O5/c1-17(6-4-8-18(2)12-23-24(26)19(3)25(27)30-23)7-5-9-20-13-22(29-16-20)14-21-10-11-28-15-21/h6,10-13,15-16,18,26H,4-5,7-9,14H2,1-3H3/b17-6+,23-12-. The second-order valence-corrected chi connectivity index (χ2v) is 8.08. The fourth-order valence-corrected chi connectivity index (χ4v) is 3.47. The lowest BCUT2D eigenvalue weighted by atomic mass is 10.0. The Labute approximate surface area is 177 Å². The molecule has 3 heterocycles. The minimum absolute atomic E-state index is 0.0363. The van der Waals surface area contributed by atoms with Gasteiger partial charge in [-0.2, -0.15) is 0 Å². The summed E-state index contributed by atoms with van der Waals surface area (Å²) in [5.74, 6) is 0.965. The summed E-state index contributed by atoms with van der Waals surface area (Å²) in [5, 5.41) is 9.89. The molecule has 0 aliphatic carbocycles. The van der Waals surface area contributed by atoms with Crippen LogP contribution in [0.1, 0.15) is 63.3 Å². The van der Waals surface area contributed by atoms with Crippen LogP contribution in [-0.2, 0) is 22.4 Å². The molecule has 2 aromatic heterocycles. The summed E-state index contributed by atoms with van der Waals surface area (Å²) in [5.41, 5.74) is 4.00. The van der Waals surface area contributed by atoms with Crippen molar-refractivity contribution in [3.8, 4) is 0 Å². The number of esters is 1. The van der Waals surface area contributed by atoms with Gasteiger partial charge in [-0.05, 0) is 81.2 Å². The molecule has 0 saturated heterocycles. The molecule has 5 nitrogen and oxygen atoms in total. The summed E-state index contributed by atoms with van der Waals surface area (Å²) < 4.78 is 15.8. The molecular formula is C25H30O5. The summed E-state index contributed by atoms with van der Waals surface area (Å²) in [6, 6.07) is 4.08. The van der Waals surface area contributed by atoms with E-state index in [2.05, 4.69) is 26.0 Å². The number of aliphatic hydroxyl groups excluding tert-OH is 1. The first kappa shape index (κ1) is 21.8. The lowest BCUT2D eigenvalue weighted by Gasteiger charge is -2.07. The van der Waals surface area contributed by atoms with E-state index >= 15 is 0 Å². The fourth-order valence-electron chi connectivity index (χ4n) is 3.47. The van der Waals surface area contributed by atoms with Gasteiger partial charge in [-0.25, -0.2) is 4.79 Å². The number of aliphatic hydroxyl groups is 1. The predicted molar refractivity (Wildman–Crippen MR) is 115 cm³/mol. The van der Waals surface area contributed by atoms with Crippen LogP contribution in [0, 0.1) is 5.92 Å². The summed E-state index contributed by atoms with van der Waals surface area (Å²) >= 11 is 0. The van der Waals surface area contributed by atoms with Gasteiger partial charge in [0.25, 0.3) is 0 Å². The van der Waals surface area contributed by atoms with Crippen LogP contribution in [0.2, 0.25) is 0 Å². The van der Waals surface area contributed by atoms with Gasteiger partial charge < -0.3 is 18.7 Å². The Morgan fingerprint density at radius 2 is 2.10 bits per heavy atom. The first-order valence-corrected chi connectivity index (χ1v) is 10.5. The van der Waals surface area contributed by atoms with Crippen LogP contribution in [0.5, 0.6) is 0 Å². The van der Waals surface area contributed by atoms with Gasteiger partial charge >= 0.3 is 5.97 Å². The predicted octanol–water partition coefficient (Wildman–Crippen LogP) is 6.42. The van der Waals surface area contributed by atoms with Crippen LogP contribution >= 0.6 is 0 Å². The summed E-state index contributed by atoms with van der Waals surface area (Å²) in [6.07, 6.45) is 15.2. The number of ether oxygens (including phenoxy) is 1. The van der Waals surface area contributed by atoms with Crippen LogP contribution in [0.3, 0.4) is 0 Å². The zero-order valence-corrected chi connectivity index (χ0v) is 17.9. The first-order valence-electron chi connectivity index (χ1n) is 10.5. The molecule has 160 valence electrons. The Bertz CT molecular complexity index is 940. The zero-order chi connectivity index (χ0) is 21.5. The average Bonchev–Trinajstić information content (AvgIpc) is 3.43. The molecule has 0 bridgehead atoms. The highest BCUT2D eigenvalue weighted by Gasteiger charge is 2.26. The molecule has 30 heavy (non-hydrogen) atoms. The maximum Gasteiger partial charge on any atom is 0.343 e. The smallest absolute Gasteiger partial charge is 0.343 e. The Hall–Kier alpha value is -2.95. The van der Waals surface area contributed by atoms with Crippen molar-refractivity contribution in [2.75, 3.05) is 0 Å². The minimum atomic E-state index is -0.465. The molecule has 0 aromatic carbocycles. The molecule has 5 heteroatoms. The van der Waals surface area contributed by atoms with Gasteiger partial charge in [0.15, 0.2) is 11.5 Å². The number of rotatable bonds is 10. The number of furan rings is 2. The molecule has 1 unspecified atom stereocenters. The van der Waals surface area contributed by atoms with E-state index in [1.54, 1.807) is 19.5 Å². The van der Waals surface area contributed by atoms with Gasteiger partial charge in [0, 0.05) is 6.42 Å². The maximum atomic E-state index is 11.5. The second-order valence-electron chi connectivity index (χ2n) is 8.08. The summed E-state index contributed by atoms with van der Waals surface area (Å²) in [7, 11) is 0. The van der Waals surface area contributed by atoms with Crippen molar-refractivity contribution in [1.82, 2.24) is 0 Å². The third-order valence-electron chi connectivity index (χ3n) is 5.35. The highest BCUT2D eigenvalue weighted by Crippen LogP contribution is 2.26. The van der Waals surface area contributed by atoms with Crippen molar-refractivity contribution in [3.63, 3.8) is 0 Å². The third-order valence-corrected chi connectivity index (χ3v) is 5.35.